The van der Waals surface area contributed by atoms with E-state index in [1.807, 2.05) is 6.92 Å². The summed E-state index contributed by atoms with van der Waals surface area (Å²) in [6.07, 6.45) is 0.594. The van der Waals surface area contributed by atoms with Crippen LogP contribution >= 0.6 is 0 Å². The number of hydrogen-bond donors (Lipinski definition) is 6. The van der Waals surface area contributed by atoms with Crippen molar-refractivity contribution in [3.8, 4) is 0 Å². The molecule has 7 nitrogen and oxygen atoms in total. The molecule has 0 spiro atoms. The van der Waals surface area contributed by atoms with Crippen LogP contribution in [-0.2, 0) is 4.79 Å². The van der Waals surface area contributed by atoms with Gasteiger partial charge in [-0.05, 0) is 13.3 Å². The summed E-state index contributed by atoms with van der Waals surface area (Å²) in [5.74, 6) is -1.19. The first-order chi connectivity index (χ1) is 8.31. The summed E-state index contributed by atoms with van der Waals surface area (Å²) in [7, 11) is 0. The minimum Gasteiger partial charge on any atom is -0.481 e. The summed E-state index contributed by atoms with van der Waals surface area (Å²) in [6, 6.07) is 0. The SMILES string of the molecule is CC(CO)(CO)C(=O)O.CCC(CO)(CO)CO. The summed E-state index contributed by atoms with van der Waals surface area (Å²) in [5, 5.41) is 51.1. The highest BCUT2D eigenvalue weighted by atomic mass is 16.4. The molecule has 0 saturated heterocycles. The highest BCUT2D eigenvalue weighted by molar-refractivity contribution is 5.74. The molecule has 0 atom stereocenters. The summed E-state index contributed by atoms with van der Waals surface area (Å²) in [6.45, 7) is 1.54. The van der Waals surface area contributed by atoms with E-state index in [0.717, 1.165) is 0 Å². The van der Waals surface area contributed by atoms with Crippen LogP contribution in [0.1, 0.15) is 20.3 Å². The third-order valence-corrected chi connectivity index (χ3v) is 2.97. The number of aliphatic hydroxyl groups is 5. The van der Waals surface area contributed by atoms with Crippen molar-refractivity contribution in [3.05, 3.63) is 0 Å². The molecule has 0 amide bonds. The molecule has 110 valence electrons. The van der Waals surface area contributed by atoms with E-state index in [0.29, 0.717) is 6.42 Å². The molecule has 6 N–H and O–H groups in total. The van der Waals surface area contributed by atoms with Crippen LogP contribution in [0.5, 0.6) is 0 Å². The van der Waals surface area contributed by atoms with Crippen molar-refractivity contribution in [3.63, 3.8) is 0 Å². The minimum atomic E-state index is -1.39. The van der Waals surface area contributed by atoms with Crippen LogP contribution in [0.15, 0.2) is 0 Å². The van der Waals surface area contributed by atoms with Gasteiger partial charge in [-0.25, -0.2) is 0 Å². The molecule has 0 aromatic rings. The smallest absolute Gasteiger partial charge is 0.314 e. The van der Waals surface area contributed by atoms with Gasteiger partial charge in [0.15, 0.2) is 0 Å². The highest BCUT2D eigenvalue weighted by Gasteiger charge is 2.31. The molecule has 0 heterocycles. The van der Waals surface area contributed by atoms with Gasteiger partial charge in [-0.1, -0.05) is 6.92 Å². The largest absolute Gasteiger partial charge is 0.481 e. The molecular weight excluding hydrogens is 244 g/mol. The van der Waals surface area contributed by atoms with E-state index in [-0.39, 0.29) is 19.8 Å². The highest BCUT2D eigenvalue weighted by Crippen LogP contribution is 2.18. The number of aliphatic hydroxyl groups excluding tert-OH is 5. The molecule has 0 saturated carbocycles. The van der Waals surface area contributed by atoms with Crippen LogP contribution < -0.4 is 0 Å². The Balaban J connectivity index is 0. The molecule has 0 aliphatic heterocycles. The lowest BCUT2D eigenvalue weighted by Crippen LogP contribution is -2.35. The van der Waals surface area contributed by atoms with E-state index in [4.69, 9.17) is 30.6 Å². The van der Waals surface area contributed by atoms with Gasteiger partial charge < -0.3 is 30.6 Å². The molecule has 0 fully saturated rings. The molecule has 0 aromatic carbocycles. The fraction of sp³-hybridized carbons (Fsp3) is 0.909. The standard InChI is InChI=1S/C6H14O3.C5H10O4/c1-2-6(3-7,4-8)5-9;1-5(2-6,3-7)4(8)9/h7-9H,2-5H2,1H3;6-7H,2-3H2,1H3,(H,8,9). The quantitative estimate of drug-likeness (QED) is 0.327. The zero-order valence-electron chi connectivity index (χ0n) is 10.8. The average molecular weight is 268 g/mol. The third kappa shape index (κ3) is 5.74. The van der Waals surface area contributed by atoms with Gasteiger partial charge in [0.05, 0.1) is 33.0 Å². The number of hydrogen-bond acceptors (Lipinski definition) is 6. The van der Waals surface area contributed by atoms with Gasteiger partial charge in [0.2, 0.25) is 0 Å². The summed E-state index contributed by atoms with van der Waals surface area (Å²) in [4.78, 5) is 10.2. The Morgan fingerprint density at radius 3 is 1.22 bits per heavy atom. The third-order valence-electron chi connectivity index (χ3n) is 2.97. The van der Waals surface area contributed by atoms with Gasteiger partial charge in [0.1, 0.15) is 5.41 Å². The van der Waals surface area contributed by atoms with Crippen molar-refractivity contribution >= 4 is 5.97 Å². The summed E-state index contributed by atoms with van der Waals surface area (Å²) >= 11 is 0. The van der Waals surface area contributed by atoms with Crippen LogP contribution in [-0.4, -0.2) is 69.6 Å². The summed E-state index contributed by atoms with van der Waals surface area (Å²) < 4.78 is 0. The Morgan fingerprint density at radius 1 is 0.889 bits per heavy atom. The normalized spacial score (nSPS) is 11.7. The van der Waals surface area contributed by atoms with E-state index in [2.05, 4.69) is 0 Å². The van der Waals surface area contributed by atoms with Crippen LogP contribution in [0.4, 0.5) is 0 Å². The average Bonchev–Trinajstić information content (AvgIpc) is 2.41. The monoisotopic (exact) mass is 268 g/mol. The fourth-order valence-corrected chi connectivity index (χ4v) is 0.671. The van der Waals surface area contributed by atoms with Crippen LogP contribution in [0.3, 0.4) is 0 Å². The molecule has 0 radical (unpaired) electrons. The molecular formula is C11H24O7. The van der Waals surface area contributed by atoms with Crippen molar-refractivity contribution in [2.75, 3.05) is 33.0 Å². The number of carbonyl (C=O) groups is 1. The Kier molecular flexibility index (Phi) is 10.1. The van der Waals surface area contributed by atoms with Crippen LogP contribution in [0.2, 0.25) is 0 Å². The molecule has 0 bridgehead atoms. The van der Waals surface area contributed by atoms with Gasteiger partial charge in [0, 0.05) is 5.41 Å². The summed E-state index contributed by atoms with van der Waals surface area (Å²) in [5.41, 5.74) is -2.06. The number of carboxylic acid groups (broad SMARTS) is 1. The lowest BCUT2D eigenvalue weighted by atomic mass is 9.88. The zero-order chi connectivity index (χ0) is 14.8. The van der Waals surface area contributed by atoms with Gasteiger partial charge in [0.25, 0.3) is 0 Å². The first-order valence-corrected chi connectivity index (χ1v) is 5.59. The maximum absolute atomic E-state index is 10.2. The first-order valence-electron chi connectivity index (χ1n) is 5.59. The molecule has 7 heteroatoms. The van der Waals surface area contributed by atoms with Crippen molar-refractivity contribution in [2.45, 2.75) is 20.3 Å². The number of aliphatic carboxylic acids is 1. The predicted molar refractivity (Wildman–Crippen MR) is 63.9 cm³/mol. The zero-order valence-corrected chi connectivity index (χ0v) is 10.8. The Labute approximate surface area is 106 Å². The Morgan fingerprint density at radius 2 is 1.22 bits per heavy atom. The van der Waals surface area contributed by atoms with Crippen LogP contribution in [0, 0.1) is 10.8 Å². The van der Waals surface area contributed by atoms with E-state index in [1.165, 1.54) is 6.92 Å². The second-order valence-electron chi connectivity index (χ2n) is 4.51. The van der Waals surface area contributed by atoms with E-state index in [1.54, 1.807) is 0 Å². The molecule has 0 aliphatic rings. The van der Waals surface area contributed by atoms with E-state index in [9.17, 15) is 4.79 Å². The van der Waals surface area contributed by atoms with Gasteiger partial charge in [-0.2, -0.15) is 0 Å². The maximum Gasteiger partial charge on any atom is 0.314 e. The first kappa shape index (κ1) is 19.6. The van der Waals surface area contributed by atoms with Crippen LogP contribution in [0.25, 0.3) is 0 Å². The molecule has 0 unspecified atom stereocenters. The van der Waals surface area contributed by atoms with Gasteiger partial charge in [-0.15, -0.1) is 0 Å². The fourth-order valence-electron chi connectivity index (χ4n) is 0.671. The number of rotatable bonds is 7. The molecule has 18 heavy (non-hydrogen) atoms. The van der Waals surface area contributed by atoms with Gasteiger partial charge >= 0.3 is 5.97 Å². The molecule has 0 rings (SSSR count). The second-order valence-corrected chi connectivity index (χ2v) is 4.51. The van der Waals surface area contributed by atoms with E-state index >= 15 is 0 Å². The lowest BCUT2D eigenvalue weighted by Gasteiger charge is -2.24. The Hall–Kier alpha value is -0.730. The minimum absolute atomic E-state index is 0.156. The molecule has 0 aliphatic carbocycles. The second kappa shape index (κ2) is 9.23. The van der Waals surface area contributed by atoms with Crippen molar-refractivity contribution in [2.24, 2.45) is 10.8 Å². The van der Waals surface area contributed by atoms with Crippen molar-refractivity contribution in [1.29, 1.82) is 0 Å². The maximum atomic E-state index is 10.2. The van der Waals surface area contributed by atoms with Crippen molar-refractivity contribution < 1.29 is 35.4 Å². The van der Waals surface area contributed by atoms with Crippen molar-refractivity contribution in [1.82, 2.24) is 0 Å². The molecule has 0 aromatic heterocycles. The topological polar surface area (TPSA) is 138 Å². The number of carboxylic acids is 1. The lowest BCUT2D eigenvalue weighted by molar-refractivity contribution is -0.152. The Bertz CT molecular complexity index is 204. The van der Waals surface area contributed by atoms with E-state index < -0.39 is 30.0 Å². The van der Waals surface area contributed by atoms with Gasteiger partial charge in [-0.3, -0.25) is 4.79 Å². The predicted octanol–water partition coefficient (Wildman–Crippen LogP) is -1.58.